The molecule has 40 heavy (non-hydrogen) atoms. The van der Waals surface area contributed by atoms with Crippen LogP contribution in [-0.2, 0) is 28.7 Å². The van der Waals surface area contributed by atoms with Gasteiger partial charge in [0.05, 0.1) is 23.5 Å². The van der Waals surface area contributed by atoms with Gasteiger partial charge in [0.25, 0.3) is 0 Å². The maximum atomic E-state index is 14.3. The Morgan fingerprint density at radius 3 is 2.35 bits per heavy atom. The number of allylic oxidation sites excluding steroid dienone is 4. The number of hydrogen-bond acceptors (Lipinski definition) is 7. The zero-order valence-corrected chi connectivity index (χ0v) is 25.0. The third-order valence-electron chi connectivity index (χ3n) is 12.1. The molecule has 3 fully saturated rings. The molecule has 0 amide bonds. The maximum Gasteiger partial charge on any atom is 0.312 e. The molecule has 216 valence electrons. The molecular formula is C33H43NO6. The van der Waals surface area contributed by atoms with E-state index in [4.69, 9.17) is 9.47 Å². The zero-order chi connectivity index (χ0) is 29.5. The van der Waals surface area contributed by atoms with Crippen molar-refractivity contribution in [3.05, 3.63) is 23.3 Å². The number of rotatable bonds is 3. The number of Topliss-reactive ketones (excluding diaryl/α,β-unsaturated/α-hetero) is 1. The highest BCUT2D eigenvalue weighted by Gasteiger charge is 2.67. The number of ketones is 2. The minimum Gasteiger partial charge on any atom is -0.469 e. The van der Waals surface area contributed by atoms with Crippen LogP contribution in [0.3, 0.4) is 0 Å². The largest absolute Gasteiger partial charge is 0.469 e. The molecular weight excluding hydrogens is 506 g/mol. The fourth-order valence-corrected chi connectivity index (χ4v) is 10.1. The molecule has 5 rings (SSSR count). The van der Waals surface area contributed by atoms with Gasteiger partial charge < -0.3 is 9.47 Å². The van der Waals surface area contributed by atoms with Gasteiger partial charge in [-0.15, -0.1) is 0 Å². The lowest BCUT2D eigenvalue weighted by atomic mass is 9.38. The Bertz CT molecular complexity index is 1290. The highest BCUT2D eigenvalue weighted by Crippen LogP contribution is 2.70. The molecule has 5 aliphatic carbocycles. The second-order valence-corrected chi connectivity index (χ2v) is 14.7. The SMILES string of the molecule is COC(=O)[C@@]12CCC3C(C(=O)C=C4[C@@]5(C)C=C(C#N)C(=O)[C@@](C)(COC(C)=O)C5CC[C@]43C)C1CC(C)(C)CC2. The van der Waals surface area contributed by atoms with E-state index in [1.165, 1.54) is 14.0 Å². The summed E-state index contributed by atoms with van der Waals surface area (Å²) in [6, 6.07) is 2.11. The molecule has 4 unspecified atom stereocenters. The number of esters is 2. The van der Waals surface area contributed by atoms with Crippen LogP contribution in [0.5, 0.6) is 0 Å². The van der Waals surface area contributed by atoms with Crippen LogP contribution in [0.4, 0.5) is 0 Å². The summed E-state index contributed by atoms with van der Waals surface area (Å²) in [5, 5.41) is 9.98. The van der Waals surface area contributed by atoms with Crippen molar-refractivity contribution in [2.45, 2.75) is 86.5 Å². The van der Waals surface area contributed by atoms with Crippen LogP contribution in [0, 0.1) is 62.1 Å². The van der Waals surface area contributed by atoms with E-state index in [9.17, 15) is 24.4 Å². The van der Waals surface area contributed by atoms with Crippen molar-refractivity contribution in [1.82, 2.24) is 0 Å². The Morgan fingerprint density at radius 1 is 1.02 bits per heavy atom. The molecule has 0 aliphatic heterocycles. The van der Waals surface area contributed by atoms with Crippen molar-refractivity contribution in [2.75, 3.05) is 13.7 Å². The summed E-state index contributed by atoms with van der Waals surface area (Å²) in [5.41, 5.74) is -1.66. The van der Waals surface area contributed by atoms with Crippen molar-refractivity contribution < 1.29 is 28.7 Å². The highest BCUT2D eigenvalue weighted by atomic mass is 16.5. The molecule has 3 saturated carbocycles. The molecule has 0 aromatic rings. The third kappa shape index (κ3) is 3.80. The van der Waals surface area contributed by atoms with E-state index in [0.29, 0.717) is 12.8 Å². The Morgan fingerprint density at radius 2 is 1.73 bits per heavy atom. The van der Waals surface area contributed by atoms with E-state index in [2.05, 4.69) is 33.8 Å². The average Bonchev–Trinajstić information content (AvgIpc) is 2.89. The first-order valence-corrected chi connectivity index (χ1v) is 14.8. The van der Waals surface area contributed by atoms with Crippen LogP contribution in [0.2, 0.25) is 0 Å². The Kier molecular flexibility index (Phi) is 6.56. The minimum atomic E-state index is -1.07. The maximum absolute atomic E-state index is 14.3. The van der Waals surface area contributed by atoms with Gasteiger partial charge >= 0.3 is 11.9 Å². The van der Waals surface area contributed by atoms with Gasteiger partial charge in [-0.05, 0) is 86.5 Å². The first-order valence-electron chi connectivity index (χ1n) is 14.8. The monoisotopic (exact) mass is 549 g/mol. The number of hydrogen-bond donors (Lipinski definition) is 0. The first-order chi connectivity index (χ1) is 18.6. The third-order valence-corrected chi connectivity index (χ3v) is 12.1. The van der Waals surface area contributed by atoms with Gasteiger partial charge in [-0.1, -0.05) is 39.3 Å². The summed E-state index contributed by atoms with van der Waals surface area (Å²) in [7, 11) is 1.46. The lowest BCUT2D eigenvalue weighted by molar-refractivity contribution is -0.178. The predicted octanol–water partition coefficient (Wildman–Crippen LogP) is 5.53. The van der Waals surface area contributed by atoms with Crippen molar-refractivity contribution in [3.63, 3.8) is 0 Å². The summed E-state index contributed by atoms with van der Waals surface area (Å²) in [4.78, 5) is 53.0. The van der Waals surface area contributed by atoms with E-state index < -0.39 is 22.2 Å². The number of carbonyl (C=O) groups is 4. The average molecular weight is 550 g/mol. The number of fused-ring (bicyclic) bond motifs is 7. The van der Waals surface area contributed by atoms with Gasteiger partial charge in [-0.2, -0.15) is 5.26 Å². The van der Waals surface area contributed by atoms with Gasteiger partial charge in [0.15, 0.2) is 11.6 Å². The Labute approximate surface area is 237 Å². The van der Waals surface area contributed by atoms with Crippen molar-refractivity contribution in [2.24, 2.45) is 50.7 Å². The number of methoxy groups -OCH3 is 1. The van der Waals surface area contributed by atoms with Crippen LogP contribution in [0.15, 0.2) is 23.3 Å². The van der Waals surface area contributed by atoms with Gasteiger partial charge in [0, 0.05) is 18.3 Å². The quantitative estimate of drug-likeness (QED) is 0.426. The molecule has 0 heterocycles. The lowest BCUT2D eigenvalue weighted by Gasteiger charge is -2.64. The molecule has 8 atom stereocenters. The Balaban J connectivity index is 1.64. The molecule has 7 nitrogen and oxygen atoms in total. The summed E-state index contributed by atoms with van der Waals surface area (Å²) in [5.74, 6) is -1.39. The summed E-state index contributed by atoms with van der Waals surface area (Å²) in [6.07, 6.45) is 9.04. The van der Waals surface area contributed by atoms with Crippen LogP contribution < -0.4 is 0 Å². The summed E-state index contributed by atoms with van der Waals surface area (Å²) >= 11 is 0. The number of carbonyl (C=O) groups excluding carboxylic acids is 4. The van der Waals surface area contributed by atoms with Crippen LogP contribution in [0.25, 0.3) is 0 Å². The molecule has 7 heteroatoms. The van der Waals surface area contributed by atoms with Gasteiger partial charge in [-0.25, -0.2) is 0 Å². The number of ether oxygens (including phenoxy) is 2. The molecule has 5 aliphatic rings. The topological polar surface area (TPSA) is 111 Å². The van der Waals surface area contributed by atoms with Gasteiger partial charge in [0.2, 0.25) is 0 Å². The predicted molar refractivity (Wildman–Crippen MR) is 147 cm³/mol. The minimum absolute atomic E-state index is 0.0333. The fourth-order valence-electron chi connectivity index (χ4n) is 10.1. The van der Waals surface area contributed by atoms with E-state index in [-0.39, 0.29) is 64.2 Å². The Hall–Kier alpha value is -2.75. The highest BCUT2D eigenvalue weighted by molar-refractivity contribution is 6.05. The van der Waals surface area contributed by atoms with Crippen LogP contribution >= 0.6 is 0 Å². The van der Waals surface area contributed by atoms with Gasteiger partial charge in [-0.3, -0.25) is 19.2 Å². The van der Waals surface area contributed by atoms with E-state index in [0.717, 1.165) is 37.7 Å². The number of nitrogens with zero attached hydrogens (tertiary/aromatic N) is 1. The molecule has 0 saturated heterocycles. The molecule has 0 N–H and O–H groups in total. The molecule has 0 aromatic heterocycles. The van der Waals surface area contributed by atoms with Crippen LogP contribution in [-0.4, -0.2) is 37.2 Å². The normalized spacial score (nSPS) is 43.5. The standard InChI is InChI=1S/C33H43NO6/c1-19(35)40-18-32(6)24-9-10-30(4)21-8-11-33(28(38)39-7)13-12-29(2,3)16-22(33)26(21)23(36)14-25(30)31(24,5)15-20(17-34)27(32)37/h14-15,21-22,24,26H,8-13,16,18H2,1-7H3/t21?,22?,24?,26?,30-,31-,32-,33+/m0/s1. The molecule has 0 bridgehead atoms. The second-order valence-electron chi connectivity index (χ2n) is 14.7. The zero-order valence-electron chi connectivity index (χ0n) is 25.0. The lowest BCUT2D eigenvalue weighted by Crippen LogP contribution is -2.62. The van der Waals surface area contributed by atoms with Crippen molar-refractivity contribution >= 4 is 23.5 Å². The fraction of sp³-hybridized carbons (Fsp3) is 0.727. The summed E-state index contributed by atoms with van der Waals surface area (Å²) < 4.78 is 10.8. The van der Waals surface area contributed by atoms with Crippen molar-refractivity contribution in [1.29, 1.82) is 5.26 Å². The first kappa shape index (κ1) is 28.8. The molecule has 0 aromatic carbocycles. The van der Waals surface area contributed by atoms with Crippen LogP contribution in [0.1, 0.15) is 86.5 Å². The molecule has 0 spiro atoms. The summed E-state index contributed by atoms with van der Waals surface area (Å²) in [6.45, 7) is 11.8. The van der Waals surface area contributed by atoms with Gasteiger partial charge in [0.1, 0.15) is 12.7 Å². The number of nitriles is 1. The van der Waals surface area contributed by atoms with E-state index in [1.807, 2.05) is 6.08 Å². The molecule has 0 radical (unpaired) electrons. The van der Waals surface area contributed by atoms with E-state index >= 15 is 0 Å². The van der Waals surface area contributed by atoms with E-state index in [1.54, 1.807) is 13.0 Å². The second kappa shape index (κ2) is 9.13. The van der Waals surface area contributed by atoms with Crippen molar-refractivity contribution in [3.8, 4) is 6.07 Å². The smallest absolute Gasteiger partial charge is 0.312 e.